The molecule has 0 aromatic carbocycles. The number of allylic oxidation sites excluding steroid dienone is 1. The number of hydrogen-bond donors (Lipinski definition) is 4. The van der Waals surface area contributed by atoms with E-state index in [1.54, 1.807) is 12.4 Å². The number of aromatic nitrogens is 3. The highest BCUT2D eigenvalue weighted by Gasteiger charge is 2.05. The van der Waals surface area contributed by atoms with E-state index in [-0.39, 0.29) is 0 Å². The van der Waals surface area contributed by atoms with Crippen LogP contribution < -0.4 is 21.2 Å². The predicted molar refractivity (Wildman–Crippen MR) is 69.7 cm³/mol. The second kappa shape index (κ2) is 4.84. The first-order valence-electron chi connectivity index (χ1n) is 5.69. The average molecular weight is 253 g/mol. The van der Waals surface area contributed by atoms with Crippen LogP contribution in [0, 0.1) is 0 Å². The molecule has 6 nitrogen and oxygen atoms in total. The average Bonchev–Trinajstić information content (AvgIpc) is 2.87. The molecule has 6 heteroatoms. The number of fused-ring (bicyclic) bond motifs is 1. The van der Waals surface area contributed by atoms with Gasteiger partial charge in [0.05, 0.1) is 17.2 Å². The van der Waals surface area contributed by atoms with Crippen LogP contribution in [0.2, 0.25) is 0 Å². The van der Waals surface area contributed by atoms with E-state index < -0.39 is 6.35 Å². The largest absolute Gasteiger partial charge is 0.356 e. The number of rotatable bonds is 4. The van der Waals surface area contributed by atoms with Crippen LogP contribution in [-0.4, -0.2) is 26.4 Å². The summed E-state index contributed by atoms with van der Waals surface area (Å²) in [6.45, 7) is 0. The maximum atomic E-state index is 9.85. The lowest BCUT2D eigenvalue weighted by molar-refractivity contribution is 0.179. The molecule has 0 spiro atoms. The molecule has 1 atom stereocenters. The first-order chi connectivity index (χ1) is 9.31. The second-order valence-electron chi connectivity index (χ2n) is 3.90. The molecule has 0 saturated carbocycles. The van der Waals surface area contributed by atoms with Crippen molar-refractivity contribution in [3.05, 3.63) is 52.8 Å². The predicted octanol–water partition coefficient (Wildman–Crippen LogP) is -1.01. The minimum absolute atomic E-state index is 0.481. The Kier molecular flexibility index (Phi) is 2.88. The molecular formula is C13H11N5O. The molecule has 2 heterocycles. The van der Waals surface area contributed by atoms with Gasteiger partial charge < -0.3 is 20.7 Å². The number of aliphatic hydroxyl groups is 1. The van der Waals surface area contributed by atoms with Crippen molar-refractivity contribution < 1.29 is 5.11 Å². The van der Waals surface area contributed by atoms with Crippen molar-refractivity contribution in [3.8, 4) is 0 Å². The van der Waals surface area contributed by atoms with Crippen LogP contribution in [-0.2, 0) is 0 Å². The number of hydrogen-bond acceptors (Lipinski definition) is 5. The van der Waals surface area contributed by atoms with Crippen LogP contribution in [0.3, 0.4) is 0 Å². The van der Waals surface area contributed by atoms with Gasteiger partial charge in [-0.15, -0.1) is 0 Å². The molecule has 0 fully saturated rings. The number of anilines is 1. The second-order valence-corrected chi connectivity index (χ2v) is 3.90. The van der Waals surface area contributed by atoms with Gasteiger partial charge in [0.1, 0.15) is 5.82 Å². The normalized spacial score (nSPS) is 13.6. The number of aliphatic hydroxyl groups excluding tert-OH is 1. The van der Waals surface area contributed by atoms with Crippen molar-refractivity contribution in [3.63, 3.8) is 0 Å². The Labute approximate surface area is 108 Å². The molecule has 0 radical (unpaired) electrons. The third-order valence-electron chi connectivity index (χ3n) is 2.54. The van der Waals surface area contributed by atoms with Crippen LogP contribution in [0.15, 0.2) is 42.3 Å². The molecule has 1 aliphatic rings. The third-order valence-corrected chi connectivity index (χ3v) is 2.54. The van der Waals surface area contributed by atoms with Gasteiger partial charge in [0, 0.05) is 23.8 Å². The van der Waals surface area contributed by atoms with E-state index in [4.69, 9.17) is 0 Å². The summed E-state index contributed by atoms with van der Waals surface area (Å²) in [4.78, 5) is 10.9. The van der Waals surface area contributed by atoms with Gasteiger partial charge in [-0.2, -0.15) is 0 Å². The van der Waals surface area contributed by atoms with Crippen molar-refractivity contribution in [1.29, 1.82) is 0 Å². The summed E-state index contributed by atoms with van der Waals surface area (Å²) in [5.74, 6) is 0.481. The van der Waals surface area contributed by atoms with E-state index in [0.29, 0.717) is 11.5 Å². The maximum Gasteiger partial charge on any atom is 0.204 e. The monoisotopic (exact) mass is 253 g/mol. The molecule has 4 N–H and O–H groups in total. The molecule has 2 aromatic rings. The first kappa shape index (κ1) is 11.3. The zero-order valence-electron chi connectivity index (χ0n) is 9.88. The summed E-state index contributed by atoms with van der Waals surface area (Å²) >= 11 is 0. The topological polar surface area (TPSA) is 85.9 Å². The van der Waals surface area contributed by atoms with Gasteiger partial charge in [0.15, 0.2) is 0 Å². The highest BCUT2D eigenvalue weighted by atomic mass is 16.3. The van der Waals surface area contributed by atoms with Crippen molar-refractivity contribution in [2.75, 3.05) is 5.32 Å². The Hall–Kier alpha value is -2.78. The molecule has 19 heavy (non-hydrogen) atoms. The van der Waals surface area contributed by atoms with Gasteiger partial charge in [-0.25, -0.2) is 4.98 Å². The molecule has 0 aliphatic heterocycles. The molecule has 0 saturated heterocycles. The zero-order valence-corrected chi connectivity index (χ0v) is 9.88. The molecule has 94 valence electrons. The maximum absolute atomic E-state index is 9.85. The highest BCUT2D eigenvalue weighted by Crippen LogP contribution is 1.99. The van der Waals surface area contributed by atoms with Crippen molar-refractivity contribution >= 4 is 17.6 Å². The van der Waals surface area contributed by atoms with Crippen molar-refractivity contribution in [2.45, 2.75) is 6.35 Å². The molecular weight excluding hydrogens is 242 g/mol. The van der Waals surface area contributed by atoms with Gasteiger partial charge in [0.25, 0.3) is 0 Å². The smallest absolute Gasteiger partial charge is 0.204 e. The Morgan fingerprint density at radius 3 is 3.05 bits per heavy atom. The van der Waals surface area contributed by atoms with E-state index in [1.807, 2.05) is 18.3 Å². The fourth-order valence-electron chi connectivity index (χ4n) is 1.71. The van der Waals surface area contributed by atoms with Gasteiger partial charge in [-0.05, 0) is 23.6 Å². The summed E-state index contributed by atoms with van der Waals surface area (Å²) in [7, 11) is 0. The van der Waals surface area contributed by atoms with Crippen molar-refractivity contribution in [1.82, 2.24) is 20.3 Å². The first-order valence-corrected chi connectivity index (χ1v) is 5.69. The molecule has 0 amide bonds. The van der Waals surface area contributed by atoms with Crippen LogP contribution in [0.5, 0.6) is 0 Å². The van der Waals surface area contributed by atoms with Crippen LogP contribution in [0.25, 0.3) is 11.8 Å². The summed E-state index contributed by atoms with van der Waals surface area (Å²) in [5.41, 5.74) is 6.50. The van der Waals surface area contributed by atoms with E-state index in [9.17, 15) is 5.11 Å². The molecule has 2 aromatic heterocycles. The van der Waals surface area contributed by atoms with E-state index in [0.717, 1.165) is 10.6 Å². The molecule has 1 unspecified atom stereocenters. The van der Waals surface area contributed by atoms with Crippen molar-refractivity contribution in [2.24, 2.45) is 0 Å². The van der Waals surface area contributed by atoms with E-state index in [1.165, 1.54) is 6.20 Å². The van der Waals surface area contributed by atoms with Crippen LogP contribution in [0.4, 0.5) is 5.82 Å². The lowest BCUT2D eigenvalue weighted by Crippen LogP contribution is -2.36. The van der Waals surface area contributed by atoms with Gasteiger partial charge in [-0.3, -0.25) is 4.98 Å². The van der Waals surface area contributed by atoms with Gasteiger partial charge in [-0.1, -0.05) is 0 Å². The van der Waals surface area contributed by atoms with Crippen LogP contribution >= 0.6 is 0 Å². The number of aromatic amines is 1. The zero-order chi connectivity index (χ0) is 13.1. The Balaban J connectivity index is 1.73. The number of H-pyrrole nitrogens is 1. The Morgan fingerprint density at radius 1 is 1.26 bits per heavy atom. The summed E-state index contributed by atoms with van der Waals surface area (Å²) in [6, 6.07) is 1.92. The standard InChI is InChI=1S/C13H11N5O/c19-13(18-12-8-14-5-6-16-12)17-10-1-2-11-9(7-10)3-4-15-11/h3-8,13,15,17,19H,(H,16,18). The van der Waals surface area contributed by atoms with Gasteiger partial charge >= 0.3 is 0 Å². The third kappa shape index (κ3) is 2.56. The quantitative estimate of drug-likeness (QED) is 0.414. The summed E-state index contributed by atoms with van der Waals surface area (Å²) < 4.78 is 0. The fourth-order valence-corrected chi connectivity index (χ4v) is 1.71. The van der Waals surface area contributed by atoms with E-state index in [2.05, 4.69) is 37.0 Å². The lowest BCUT2D eigenvalue weighted by Gasteiger charge is -2.15. The molecule has 1 aliphatic carbocycles. The minimum Gasteiger partial charge on any atom is -0.356 e. The molecule has 3 rings (SSSR count). The van der Waals surface area contributed by atoms with Crippen LogP contribution in [0.1, 0.15) is 0 Å². The summed E-state index contributed by atoms with van der Waals surface area (Å²) in [5, 5.41) is 17.3. The fraction of sp³-hybridized carbons (Fsp3) is 0.0769. The number of nitrogens with zero attached hydrogens (tertiary/aromatic N) is 2. The summed E-state index contributed by atoms with van der Waals surface area (Å²) in [6.07, 6.45) is 7.33. The lowest BCUT2D eigenvalue weighted by atomic mass is 10.3. The highest BCUT2D eigenvalue weighted by molar-refractivity contribution is 5.50. The van der Waals surface area contributed by atoms with Gasteiger partial charge in [0.2, 0.25) is 6.35 Å². The number of nitrogens with one attached hydrogen (secondary N) is 3. The van der Waals surface area contributed by atoms with E-state index >= 15 is 0 Å². The Bertz CT molecular complexity index is 767. The Morgan fingerprint density at radius 2 is 2.21 bits per heavy atom. The minimum atomic E-state index is -0.988. The molecule has 0 bridgehead atoms. The SMILES string of the molecule is OC(NC1=C=C=c2[nH]ccc2=C1)Nc1cnccn1.